The molecule has 1 aliphatic rings. The average molecular weight is 316 g/mol. The predicted octanol–water partition coefficient (Wildman–Crippen LogP) is -0.177. The van der Waals surface area contributed by atoms with Crippen LogP contribution in [0.25, 0.3) is 0 Å². The summed E-state index contributed by atoms with van der Waals surface area (Å²) in [4.78, 5) is 12.1. The highest BCUT2D eigenvalue weighted by molar-refractivity contribution is 7.86. The van der Waals surface area contributed by atoms with E-state index in [9.17, 15) is 13.2 Å². The Labute approximate surface area is 123 Å². The molecule has 0 atom stereocenters. The zero-order chi connectivity index (χ0) is 15.6. The van der Waals surface area contributed by atoms with Gasteiger partial charge in [0.25, 0.3) is 10.2 Å². The van der Waals surface area contributed by atoms with Crippen molar-refractivity contribution in [1.82, 2.24) is 14.8 Å². The molecule has 1 amide bonds. The van der Waals surface area contributed by atoms with E-state index in [0.717, 1.165) is 11.3 Å². The molecule has 2 heterocycles. The number of piperidine rings is 1. The lowest BCUT2D eigenvalue weighted by atomic mass is 9.97. The van der Waals surface area contributed by atoms with Gasteiger partial charge >= 0.3 is 0 Å². The van der Waals surface area contributed by atoms with E-state index >= 15 is 0 Å². The Morgan fingerprint density at radius 3 is 2.52 bits per heavy atom. The maximum Gasteiger partial charge on any atom is 0.276 e. The molecule has 2 rings (SSSR count). The fourth-order valence-electron chi connectivity index (χ4n) is 2.45. The van der Waals surface area contributed by atoms with Gasteiger partial charge in [0.1, 0.15) is 5.76 Å². The Hall–Kier alpha value is -1.45. The summed E-state index contributed by atoms with van der Waals surface area (Å²) in [7, 11) is -3.65. The van der Waals surface area contributed by atoms with E-state index in [4.69, 9.17) is 9.66 Å². The smallest absolute Gasteiger partial charge is 0.276 e. The van der Waals surface area contributed by atoms with Crippen LogP contribution in [-0.4, -0.2) is 36.9 Å². The van der Waals surface area contributed by atoms with Crippen LogP contribution in [0.1, 0.15) is 29.9 Å². The van der Waals surface area contributed by atoms with Crippen LogP contribution in [0.2, 0.25) is 0 Å². The van der Waals surface area contributed by atoms with Crippen LogP contribution < -0.4 is 10.5 Å². The van der Waals surface area contributed by atoms with Crippen LogP contribution in [0.5, 0.6) is 0 Å². The number of carbonyl (C=O) groups is 1. The highest BCUT2D eigenvalue weighted by atomic mass is 32.2. The van der Waals surface area contributed by atoms with Crippen LogP contribution in [0.15, 0.2) is 4.52 Å². The average Bonchev–Trinajstić information content (AvgIpc) is 2.75. The van der Waals surface area contributed by atoms with Crippen LogP contribution in [-0.2, 0) is 21.5 Å². The van der Waals surface area contributed by atoms with E-state index in [1.807, 2.05) is 6.92 Å². The summed E-state index contributed by atoms with van der Waals surface area (Å²) in [6.45, 7) is 4.55. The van der Waals surface area contributed by atoms with Crippen molar-refractivity contribution in [2.24, 2.45) is 11.1 Å². The molecule has 0 bridgehead atoms. The number of hydrogen-bond donors (Lipinski definition) is 2. The van der Waals surface area contributed by atoms with E-state index in [-0.39, 0.29) is 24.9 Å². The van der Waals surface area contributed by atoms with E-state index < -0.39 is 10.2 Å². The van der Waals surface area contributed by atoms with Gasteiger partial charge in [0, 0.05) is 31.1 Å². The molecule has 1 fully saturated rings. The zero-order valence-corrected chi connectivity index (χ0v) is 12.9. The van der Waals surface area contributed by atoms with E-state index in [0.29, 0.717) is 25.1 Å². The molecule has 0 spiro atoms. The Kier molecular flexibility index (Phi) is 4.64. The molecule has 0 aliphatic carbocycles. The molecule has 0 radical (unpaired) electrons. The van der Waals surface area contributed by atoms with E-state index in [1.165, 1.54) is 4.31 Å². The van der Waals surface area contributed by atoms with Crippen molar-refractivity contribution in [3.63, 3.8) is 0 Å². The monoisotopic (exact) mass is 316 g/mol. The zero-order valence-electron chi connectivity index (χ0n) is 12.1. The molecular weight excluding hydrogens is 296 g/mol. The lowest BCUT2D eigenvalue weighted by Crippen LogP contribution is -2.45. The SMILES string of the molecule is Cc1noc(C)c1CNC(=O)C1CCN(S(N)(=O)=O)CC1. The van der Waals surface area contributed by atoms with Crippen molar-refractivity contribution in [3.8, 4) is 0 Å². The van der Waals surface area contributed by atoms with Crippen molar-refractivity contribution in [2.45, 2.75) is 33.2 Å². The maximum absolute atomic E-state index is 12.1. The minimum absolute atomic E-state index is 0.0796. The summed E-state index contributed by atoms with van der Waals surface area (Å²) in [6.07, 6.45) is 0.952. The molecule has 21 heavy (non-hydrogen) atoms. The number of hydrogen-bond acceptors (Lipinski definition) is 5. The number of nitrogens with two attached hydrogens (primary N) is 1. The number of carbonyl (C=O) groups excluding carboxylic acids is 1. The first-order valence-electron chi connectivity index (χ1n) is 6.76. The van der Waals surface area contributed by atoms with Gasteiger partial charge < -0.3 is 9.84 Å². The Bertz CT molecular complexity index is 598. The summed E-state index contributed by atoms with van der Waals surface area (Å²) in [6, 6.07) is 0. The third-order valence-electron chi connectivity index (χ3n) is 3.81. The molecule has 3 N–H and O–H groups in total. The third-order valence-corrected chi connectivity index (χ3v) is 4.89. The second kappa shape index (κ2) is 6.12. The summed E-state index contributed by atoms with van der Waals surface area (Å²) < 4.78 is 28.6. The molecular formula is C12H20N4O4S. The number of aromatic nitrogens is 1. The van der Waals surface area contributed by atoms with Gasteiger partial charge in [-0.3, -0.25) is 4.79 Å². The van der Waals surface area contributed by atoms with Gasteiger partial charge in [0.2, 0.25) is 5.91 Å². The summed E-state index contributed by atoms with van der Waals surface area (Å²) >= 11 is 0. The summed E-state index contributed by atoms with van der Waals surface area (Å²) in [5.74, 6) is 0.421. The highest BCUT2D eigenvalue weighted by Gasteiger charge is 2.29. The van der Waals surface area contributed by atoms with Crippen molar-refractivity contribution >= 4 is 16.1 Å². The first kappa shape index (κ1) is 15.9. The minimum atomic E-state index is -3.65. The first-order chi connectivity index (χ1) is 9.79. The van der Waals surface area contributed by atoms with Crippen molar-refractivity contribution in [2.75, 3.05) is 13.1 Å². The third kappa shape index (κ3) is 3.80. The largest absolute Gasteiger partial charge is 0.361 e. The van der Waals surface area contributed by atoms with Gasteiger partial charge in [-0.1, -0.05) is 5.16 Å². The minimum Gasteiger partial charge on any atom is -0.361 e. The molecule has 1 aromatic heterocycles. The quantitative estimate of drug-likeness (QED) is 0.799. The molecule has 0 aromatic carbocycles. The lowest BCUT2D eigenvalue weighted by Gasteiger charge is -2.29. The van der Waals surface area contributed by atoms with Gasteiger partial charge in [-0.05, 0) is 26.7 Å². The molecule has 118 valence electrons. The fourth-order valence-corrected chi connectivity index (χ4v) is 3.17. The van der Waals surface area contributed by atoms with Crippen molar-refractivity contribution in [1.29, 1.82) is 0 Å². The van der Waals surface area contributed by atoms with Crippen molar-refractivity contribution < 1.29 is 17.7 Å². The molecule has 1 saturated heterocycles. The highest BCUT2D eigenvalue weighted by Crippen LogP contribution is 2.19. The van der Waals surface area contributed by atoms with E-state index in [1.54, 1.807) is 6.92 Å². The van der Waals surface area contributed by atoms with Gasteiger partial charge in [0.15, 0.2) is 0 Å². The van der Waals surface area contributed by atoms with Gasteiger partial charge in [0.05, 0.1) is 5.69 Å². The number of nitrogens with one attached hydrogen (secondary N) is 1. The lowest BCUT2D eigenvalue weighted by molar-refractivity contribution is -0.126. The molecule has 8 nitrogen and oxygen atoms in total. The topological polar surface area (TPSA) is 119 Å². The number of nitrogens with zero attached hydrogens (tertiary/aromatic N) is 2. The second-order valence-corrected chi connectivity index (χ2v) is 6.79. The molecule has 0 saturated carbocycles. The van der Waals surface area contributed by atoms with Gasteiger partial charge in [-0.15, -0.1) is 0 Å². The van der Waals surface area contributed by atoms with Crippen LogP contribution in [0.3, 0.4) is 0 Å². The normalized spacial score (nSPS) is 17.9. The molecule has 1 aliphatic heterocycles. The second-order valence-electron chi connectivity index (χ2n) is 5.24. The van der Waals surface area contributed by atoms with Crippen LogP contribution in [0.4, 0.5) is 0 Å². The number of aryl methyl sites for hydroxylation is 2. The Morgan fingerprint density at radius 1 is 1.43 bits per heavy atom. The summed E-state index contributed by atoms with van der Waals surface area (Å²) in [5, 5.41) is 11.8. The van der Waals surface area contributed by atoms with Crippen LogP contribution >= 0.6 is 0 Å². The van der Waals surface area contributed by atoms with Gasteiger partial charge in [-0.25, -0.2) is 5.14 Å². The predicted molar refractivity (Wildman–Crippen MR) is 75.2 cm³/mol. The number of amides is 1. The van der Waals surface area contributed by atoms with Gasteiger partial charge in [-0.2, -0.15) is 12.7 Å². The number of rotatable bonds is 4. The van der Waals surface area contributed by atoms with E-state index in [2.05, 4.69) is 10.5 Å². The van der Waals surface area contributed by atoms with Crippen LogP contribution in [0, 0.1) is 19.8 Å². The first-order valence-corrected chi connectivity index (χ1v) is 8.26. The summed E-state index contributed by atoms with van der Waals surface area (Å²) in [5.41, 5.74) is 1.64. The van der Waals surface area contributed by atoms with Crippen molar-refractivity contribution in [3.05, 3.63) is 17.0 Å². The maximum atomic E-state index is 12.1. The molecule has 1 aromatic rings. The standard InChI is InChI=1S/C12H20N4O4S/c1-8-11(9(2)20-15-8)7-14-12(17)10-3-5-16(6-4-10)21(13,18)19/h10H,3-7H2,1-2H3,(H,14,17)(H2,13,18,19). The Balaban J connectivity index is 1.86. The molecule has 0 unspecified atom stereocenters. The fraction of sp³-hybridized carbons (Fsp3) is 0.667. The Morgan fingerprint density at radius 2 is 2.05 bits per heavy atom. The molecule has 9 heteroatoms.